The Kier molecular flexibility index (Phi) is 5.13. The molecule has 6 heteroatoms. The lowest BCUT2D eigenvalue weighted by Crippen LogP contribution is -2.41. The van der Waals surface area contributed by atoms with Gasteiger partial charge in [0.05, 0.1) is 22.0 Å². The van der Waals surface area contributed by atoms with Crippen molar-refractivity contribution in [3.8, 4) is 5.75 Å². The molecule has 1 aliphatic rings. The predicted molar refractivity (Wildman–Crippen MR) is 80.3 cm³/mol. The van der Waals surface area contributed by atoms with Crippen LogP contribution in [0, 0.1) is 5.92 Å². The van der Waals surface area contributed by atoms with Gasteiger partial charge in [0.2, 0.25) is 5.91 Å². The van der Waals surface area contributed by atoms with Crippen LogP contribution >= 0.6 is 23.2 Å². The molecule has 1 aromatic carbocycles. The summed E-state index contributed by atoms with van der Waals surface area (Å²) in [7, 11) is 0. The van der Waals surface area contributed by atoms with Crippen molar-refractivity contribution in [3.05, 3.63) is 27.7 Å². The summed E-state index contributed by atoms with van der Waals surface area (Å²) in [4.78, 5) is 12.2. The van der Waals surface area contributed by atoms with Crippen molar-refractivity contribution in [1.82, 2.24) is 10.6 Å². The summed E-state index contributed by atoms with van der Waals surface area (Å²) < 4.78 is 0. The molecule has 0 aromatic heterocycles. The molecule has 0 unspecified atom stereocenters. The lowest BCUT2D eigenvalue weighted by atomic mass is 9.97. The van der Waals surface area contributed by atoms with Crippen LogP contribution < -0.4 is 10.6 Å². The molecule has 0 bridgehead atoms. The summed E-state index contributed by atoms with van der Waals surface area (Å²) in [6.45, 7) is 3.43. The number of halogens is 2. The molecule has 1 aliphatic heterocycles. The molecule has 1 amide bonds. The summed E-state index contributed by atoms with van der Waals surface area (Å²) in [5, 5.41) is 16.6. The number of hydrogen-bond acceptors (Lipinski definition) is 3. The summed E-state index contributed by atoms with van der Waals surface area (Å²) in [6.07, 6.45) is 1.87. The predicted octanol–water partition coefficient (Wildman–Crippen LogP) is 2.88. The maximum absolute atomic E-state index is 12.2. The minimum Gasteiger partial charge on any atom is -0.508 e. The Morgan fingerprint density at radius 3 is 2.90 bits per heavy atom. The maximum Gasteiger partial charge on any atom is 0.224 e. The molecule has 1 fully saturated rings. The van der Waals surface area contributed by atoms with Gasteiger partial charge in [-0.15, -0.1) is 0 Å². The highest BCUT2D eigenvalue weighted by atomic mass is 35.5. The van der Waals surface area contributed by atoms with Gasteiger partial charge in [-0.1, -0.05) is 23.2 Å². The topological polar surface area (TPSA) is 61.4 Å². The molecule has 1 heterocycles. The van der Waals surface area contributed by atoms with Crippen molar-refractivity contribution in [1.29, 1.82) is 0 Å². The Bertz CT molecular complexity index is 502. The van der Waals surface area contributed by atoms with Gasteiger partial charge in [0.25, 0.3) is 0 Å². The summed E-state index contributed by atoms with van der Waals surface area (Å²) in [5.41, 5.74) is 0.455. The minimum atomic E-state index is -0.393. The molecule has 0 spiro atoms. The van der Waals surface area contributed by atoms with Gasteiger partial charge in [0, 0.05) is 12.1 Å². The molecule has 4 nitrogen and oxygen atoms in total. The van der Waals surface area contributed by atoms with Crippen LogP contribution in [0.2, 0.25) is 10.0 Å². The van der Waals surface area contributed by atoms with Crippen molar-refractivity contribution in [3.63, 3.8) is 0 Å². The lowest BCUT2D eigenvalue weighted by Gasteiger charge is -2.25. The second-order valence-electron chi connectivity index (χ2n) is 5.07. The number of amides is 1. The van der Waals surface area contributed by atoms with Gasteiger partial charge in [-0.3, -0.25) is 4.79 Å². The molecule has 2 atom stereocenters. The number of phenols is 1. The SMILES string of the molecule is C[C@H](NC(=O)[C@@H]1CCCNC1)c1c(O)ccc(Cl)c1Cl. The highest BCUT2D eigenvalue weighted by molar-refractivity contribution is 6.42. The van der Waals surface area contributed by atoms with E-state index >= 15 is 0 Å². The summed E-state index contributed by atoms with van der Waals surface area (Å²) >= 11 is 12.1. The van der Waals surface area contributed by atoms with E-state index in [1.54, 1.807) is 6.92 Å². The van der Waals surface area contributed by atoms with E-state index < -0.39 is 6.04 Å². The molecular formula is C14H18Cl2N2O2. The van der Waals surface area contributed by atoms with Gasteiger partial charge in [-0.2, -0.15) is 0 Å². The molecule has 1 saturated heterocycles. The van der Waals surface area contributed by atoms with E-state index in [9.17, 15) is 9.90 Å². The Morgan fingerprint density at radius 1 is 1.50 bits per heavy atom. The molecule has 110 valence electrons. The number of benzene rings is 1. The largest absolute Gasteiger partial charge is 0.508 e. The maximum atomic E-state index is 12.2. The molecule has 1 aromatic rings. The van der Waals surface area contributed by atoms with E-state index in [2.05, 4.69) is 10.6 Å². The van der Waals surface area contributed by atoms with Crippen molar-refractivity contribution in [2.75, 3.05) is 13.1 Å². The van der Waals surface area contributed by atoms with Gasteiger partial charge in [0.15, 0.2) is 0 Å². The van der Waals surface area contributed by atoms with E-state index in [0.29, 0.717) is 17.1 Å². The second kappa shape index (κ2) is 6.66. The first-order chi connectivity index (χ1) is 9.50. The van der Waals surface area contributed by atoms with E-state index in [1.807, 2.05) is 0 Å². The number of aromatic hydroxyl groups is 1. The zero-order valence-corrected chi connectivity index (χ0v) is 12.8. The van der Waals surface area contributed by atoms with Crippen LogP contribution in [0.4, 0.5) is 0 Å². The number of rotatable bonds is 3. The van der Waals surface area contributed by atoms with Crippen LogP contribution in [-0.4, -0.2) is 24.1 Å². The Balaban J connectivity index is 2.10. The highest BCUT2D eigenvalue weighted by Gasteiger charge is 2.24. The lowest BCUT2D eigenvalue weighted by molar-refractivity contribution is -0.126. The second-order valence-corrected chi connectivity index (χ2v) is 5.85. The van der Waals surface area contributed by atoms with Crippen molar-refractivity contribution in [2.24, 2.45) is 5.92 Å². The van der Waals surface area contributed by atoms with E-state index in [4.69, 9.17) is 23.2 Å². The monoisotopic (exact) mass is 316 g/mol. The van der Waals surface area contributed by atoms with Crippen LogP contribution in [0.1, 0.15) is 31.4 Å². The van der Waals surface area contributed by atoms with Gasteiger partial charge < -0.3 is 15.7 Å². The number of nitrogens with one attached hydrogen (secondary N) is 2. The Morgan fingerprint density at radius 2 is 2.25 bits per heavy atom. The van der Waals surface area contributed by atoms with Gasteiger partial charge >= 0.3 is 0 Å². The molecule has 20 heavy (non-hydrogen) atoms. The fourth-order valence-corrected chi connectivity index (χ4v) is 2.94. The molecule has 0 radical (unpaired) electrons. The molecule has 0 saturated carbocycles. The first kappa shape index (κ1) is 15.4. The van der Waals surface area contributed by atoms with Crippen LogP contribution in [-0.2, 0) is 4.79 Å². The number of phenolic OH excluding ortho intramolecular Hbond substituents is 1. The third-order valence-corrected chi connectivity index (χ3v) is 4.39. The zero-order valence-electron chi connectivity index (χ0n) is 11.2. The molecule has 0 aliphatic carbocycles. The average Bonchev–Trinajstić information content (AvgIpc) is 2.44. The first-order valence-electron chi connectivity index (χ1n) is 6.68. The van der Waals surface area contributed by atoms with Crippen molar-refractivity contribution in [2.45, 2.75) is 25.8 Å². The van der Waals surface area contributed by atoms with Crippen LogP contribution in [0.15, 0.2) is 12.1 Å². The fraction of sp³-hybridized carbons (Fsp3) is 0.500. The Hall–Kier alpha value is -0.970. The average molecular weight is 317 g/mol. The zero-order chi connectivity index (χ0) is 14.7. The molecule has 3 N–H and O–H groups in total. The third-order valence-electron chi connectivity index (χ3n) is 3.57. The van der Waals surface area contributed by atoms with E-state index in [0.717, 1.165) is 19.4 Å². The van der Waals surface area contributed by atoms with Gasteiger partial charge in [0.1, 0.15) is 5.75 Å². The van der Waals surface area contributed by atoms with Crippen molar-refractivity contribution >= 4 is 29.1 Å². The quantitative estimate of drug-likeness (QED) is 0.803. The molecular weight excluding hydrogens is 299 g/mol. The minimum absolute atomic E-state index is 0.0276. The van der Waals surface area contributed by atoms with Crippen molar-refractivity contribution < 1.29 is 9.90 Å². The van der Waals surface area contributed by atoms with Crippen LogP contribution in [0.5, 0.6) is 5.75 Å². The molecule has 2 rings (SSSR count). The third kappa shape index (κ3) is 3.37. The summed E-state index contributed by atoms with van der Waals surface area (Å²) in [6, 6.07) is 2.62. The fourth-order valence-electron chi connectivity index (χ4n) is 2.45. The van der Waals surface area contributed by atoms with Gasteiger partial charge in [-0.25, -0.2) is 0 Å². The summed E-state index contributed by atoms with van der Waals surface area (Å²) in [5.74, 6) is -0.0274. The first-order valence-corrected chi connectivity index (χ1v) is 7.44. The standard InChI is InChI=1S/C14H18Cl2N2O2/c1-8(12-11(19)5-4-10(15)13(12)16)18-14(20)9-3-2-6-17-7-9/h4-5,8-9,17,19H,2-3,6-7H2,1H3,(H,18,20)/t8-,9+/m0/s1. The Labute approximate surface area is 128 Å². The van der Waals surface area contributed by atoms with E-state index in [-0.39, 0.29) is 22.6 Å². The number of carbonyl (C=O) groups excluding carboxylic acids is 1. The highest BCUT2D eigenvalue weighted by Crippen LogP contribution is 2.36. The number of piperidine rings is 1. The normalized spacial score (nSPS) is 20.4. The van der Waals surface area contributed by atoms with Crippen LogP contribution in [0.25, 0.3) is 0 Å². The smallest absolute Gasteiger partial charge is 0.224 e. The van der Waals surface area contributed by atoms with Crippen LogP contribution in [0.3, 0.4) is 0 Å². The van der Waals surface area contributed by atoms with E-state index in [1.165, 1.54) is 12.1 Å². The number of hydrogen-bond donors (Lipinski definition) is 3. The van der Waals surface area contributed by atoms with Gasteiger partial charge in [-0.05, 0) is 38.4 Å². The number of carbonyl (C=O) groups is 1.